The molecule has 0 N–H and O–H groups in total. The van der Waals surface area contributed by atoms with Gasteiger partial charge < -0.3 is 9.64 Å². The van der Waals surface area contributed by atoms with E-state index in [9.17, 15) is 19.2 Å². The summed E-state index contributed by atoms with van der Waals surface area (Å²) in [4.78, 5) is 69.2. The van der Waals surface area contributed by atoms with Crippen molar-refractivity contribution in [1.82, 2.24) is 29.6 Å². The van der Waals surface area contributed by atoms with Crippen LogP contribution in [-0.2, 0) is 33.8 Å². The third-order valence-corrected chi connectivity index (χ3v) is 10.4. The molecule has 1 aromatic carbocycles. The summed E-state index contributed by atoms with van der Waals surface area (Å²) < 4.78 is 7.55. The fraction of sp³-hybridized carbons (Fsp3) is 0.415. The smallest absolute Gasteiger partial charge is 0.321 e. The lowest BCUT2D eigenvalue weighted by Gasteiger charge is -2.27. The van der Waals surface area contributed by atoms with Crippen LogP contribution < -0.4 is 4.74 Å². The van der Waals surface area contributed by atoms with E-state index in [0.29, 0.717) is 54.5 Å². The Kier molecular flexibility index (Phi) is 10.6. The number of piperidine rings is 1. The molecule has 6 rings (SSSR count). The number of hydrogen-bond acceptors (Lipinski definition) is 9. The van der Waals surface area contributed by atoms with Crippen LogP contribution >= 0.6 is 0 Å². The van der Waals surface area contributed by atoms with Gasteiger partial charge in [-0.1, -0.05) is 18.2 Å². The number of ketones is 3. The van der Waals surface area contributed by atoms with E-state index < -0.39 is 6.04 Å². The fourth-order valence-corrected chi connectivity index (χ4v) is 7.59. The molecule has 0 unspecified atom stereocenters. The van der Waals surface area contributed by atoms with Gasteiger partial charge in [-0.2, -0.15) is 5.10 Å². The van der Waals surface area contributed by atoms with Crippen LogP contribution in [0.25, 0.3) is 10.9 Å². The summed E-state index contributed by atoms with van der Waals surface area (Å²) in [6.45, 7) is 14.6. The first-order valence-corrected chi connectivity index (χ1v) is 17.9. The van der Waals surface area contributed by atoms with Crippen LogP contribution in [0.15, 0.2) is 62.0 Å². The van der Waals surface area contributed by atoms with Crippen LogP contribution in [0.2, 0.25) is 0 Å². The van der Waals surface area contributed by atoms with Gasteiger partial charge in [0.25, 0.3) is 0 Å². The highest BCUT2D eigenvalue weighted by molar-refractivity contribution is 6.06. The molecule has 0 spiro atoms. The fourth-order valence-electron chi connectivity index (χ4n) is 7.59. The first-order chi connectivity index (χ1) is 24.9. The SMILES string of the molecule is C=CCCCC(=O)CC[C@@]12C[C@@H](C(=O)Cc3nc(C)ccc3C)N(C(=O)Cn3nc(C(C)=O)c4cc(Oc5ncc(C)cn5)cc(CC=C)c43)[C@@H]1C2. The predicted molar refractivity (Wildman–Crippen MR) is 197 cm³/mol. The topological polar surface area (TPSA) is 137 Å². The van der Waals surface area contributed by atoms with E-state index in [0.717, 1.165) is 41.6 Å². The summed E-state index contributed by atoms with van der Waals surface area (Å²) in [5.74, 6) is 0.0281. The standard InChI is InChI=1S/C41H46N6O5/c1-7-9-10-12-30(49)15-16-41-20-34(35(50)19-33-26(4)13-14-27(5)44-33)47(36(41)21-41)37(51)24-46-39-29(11-8-2)17-31(18-32(39)38(45-46)28(6)48)52-40-42-22-25(3)23-43-40/h7-8,13-14,17-18,22-23,34,36H,1-2,9-12,15-16,19-21,24H2,3-6H3/t34-,36+,41-/m0/s1. The molecule has 0 radical (unpaired) electrons. The molecule has 1 aliphatic carbocycles. The summed E-state index contributed by atoms with van der Waals surface area (Å²) >= 11 is 0. The summed E-state index contributed by atoms with van der Waals surface area (Å²) in [5, 5.41) is 5.20. The molecule has 4 aromatic rings. The number of carbonyl (C=O) groups is 4. The number of Topliss-reactive ketones (excluding diaryl/α,β-unsaturated/α-hetero) is 3. The number of likely N-dealkylation sites (tertiary alicyclic amines) is 1. The largest absolute Gasteiger partial charge is 0.424 e. The molecule has 11 heteroatoms. The van der Waals surface area contributed by atoms with E-state index in [1.165, 1.54) is 6.92 Å². The number of carbonyl (C=O) groups excluding carboxylic acids is 4. The Morgan fingerprint density at radius 1 is 1.02 bits per heavy atom. The summed E-state index contributed by atoms with van der Waals surface area (Å²) in [5.41, 5.74) is 4.63. The number of allylic oxidation sites excluding steroid dienone is 2. The van der Waals surface area contributed by atoms with Gasteiger partial charge in [0.15, 0.2) is 11.6 Å². The lowest BCUT2D eigenvalue weighted by Crippen LogP contribution is -2.45. The van der Waals surface area contributed by atoms with Gasteiger partial charge in [0.1, 0.15) is 23.8 Å². The van der Waals surface area contributed by atoms with Crippen molar-refractivity contribution in [2.75, 3.05) is 0 Å². The van der Waals surface area contributed by atoms with E-state index in [1.807, 2.05) is 45.0 Å². The van der Waals surface area contributed by atoms with Crippen molar-refractivity contribution >= 4 is 34.2 Å². The molecule has 0 bridgehead atoms. The van der Waals surface area contributed by atoms with Gasteiger partial charge in [-0.25, -0.2) is 9.97 Å². The number of aryl methyl sites for hydroxylation is 3. The molecule has 1 saturated heterocycles. The third-order valence-electron chi connectivity index (χ3n) is 10.4. The lowest BCUT2D eigenvalue weighted by atomic mass is 9.90. The summed E-state index contributed by atoms with van der Waals surface area (Å²) in [6, 6.07) is 6.76. The first kappa shape index (κ1) is 36.5. The number of benzene rings is 1. The highest BCUT2D eigenvalue weighted by atomic mass is 16.5. The minimum atomic E-state index is -0.653. The molecule has 1 saturated carbocycles. The Morgan fingerprint density at radius 3 is 2.50 bits per heavy atom. The maximum Gasteiger partial charge on any atom is 0.321 e. The van der Waals surface area contributed by atoms with E-state index in [-0.39, 0.29) is 59.4 Å². The molecule has 52 heavy (non-hydrogen) atoms. The monoisotopic (exact) mass is 702 g/mol. The molecule has 3 aromatic heterocycles. The van der Waals surface area contributed by atoms with Crippen LogP contribution in [0.1, 0.15) is 90.4 Å². The van der Waals surface area contributed by atoms with Crippen LogP contribution in [0.3, 0.4) is 0 Å². The second kappa shape index (κ2) is 15.1. The number of amides is 1. The molecule has 2 fully saturated rings. The number of aromatic nitrogens is 5. The van der Waals surface area contributed by atoms with Gasteiger partial charge in [-0.15, -0.1) is 13.2 Å². The van der Waals surface area contributed by atoms with Crippen molar-refractivity contribution in [1.29, 1.82) is 0 Å². The zero-order valence-corrected chi connectivity index (χ0v) is 30.5. The zero-order chi connectivity index (χ0) is 37.2. The number of ether oxygens (including phenoxy) is 1. The lowest BCUT2D eigenvalue weighted by molar-refractivity contribution is -0.139. The number of hydrogen-bond donors (Lipinski definition) is 0. The Morgan fingerprint density at radius 2 is 1.79 bits per heavy atom. The van der Waals surface area contributed by atoms with E-state index >= 15 is 0 Å². The van der Waals surface area contributed by atoms with Crippen molar-refractivity contribution in [3.05, 3.63) is 95.7 Å². The molecule has 1 aliphatic heterocycles. The van der Waals surface area contributed by atoms with Gasteiger partial charge >= 0.3 is 6.01 Å². The summed E-state index contributed by atoms with van der Waals surface area (Å²) in [7, 11) is 0. The van der Waals surface area contributed by atoms with Crippen molar-refractivity contribution < 1.29 is 23.9 Å². The zero-order valence-electron chi connectivity index (χ0n) is 30.5. The number of pyridine rings is 1. The normalized spacial score (nSPS) is 19.0. The molecular formula is C41H46N6O5. The molecule has 1 amide bonds. The molecule has 270 valence electrons. The molecule has 3 atom stereocenters. The predicted octanol–water partition coefficient (Wildman–Crippen LogP) is 6.75. The number of fused-ring (bicyclic) bond motifs is 2. The Hall–Kier alpha value is -5.32. The Bertz CT molecular complexity index is 2070. The average Bonchev–Trinajstić information content (AvgIpc) is 3.52. The van der Waals surface area contributed by atoms with E-state index in [4.69, 9.17) is 4.74 Å². The van der Waals surface area contributed by atoms with Crippen molar-refractivity contribution in [3.63, 3.8) is 0 Å². The number of rotatable bonds is 17. The van der Waals surface area contributed by atoms with E-state index in [2.05, 4.69) is 33.2 Å². The van der Waals surface area contributed by atoms with Crippen LogP contribution in [0.4, 0.5) is 0 Å². The van der Waals surface area contributed by atoms with Gasteiger partial charge in [0.05, 0.1) is 23.7 Å². The number of nitrogens with zero attached hydrogens (tertiary/aromatic N) is 6. The minimum Gasteiger partial charge on any atom is -0.424 e. The van der Waals surface area contributed by atoms with Crippen LogP contribution in [0, 0.1) is 26.2 Å². The quantitative estimate of drug-likeness (QED) is 0.0665. The maximum absolute atomic E-state index is 14.5. The molecule has 11 nitrogen and oxygen atoms in total. The van der Waals surface area contributed by atoms with Gasteiger partial charge in [0, 0.05) is 49.3 Å². The third kappa shape index (κ3) is 7.63. The van der Waals surface area contributed by atoms with Crippen molar-refractivity contribution in [2.24, 2.45) is 5.41 Å². The van der Waals surface area contributed by atoms with E-state index in [1.54, 1.807) is 34.1 Å². The molecule has 4 heterocycles. The average molecular weight is 703 g/mol. The number of unbranched alkanes of at least 4 members (excludes halogenated alkanes) is 1. The molecule has 2 aliphatic rings. The first-order valence-electron chi connectivity index (χ1n) is 17.9. The highest BCUT2D eigenvalue weighted by Gasteiger charge is 2.66. The van der Waals surface area contributed by atoms with Crippen molar-refractivity contribution in [2.45, 2.75) is 104 Å². The van der Waals surface area contributed by atoms with Crippen LogP contribution in [-0.4, -0.2) is 65.0 Å². The maximum atomic E-state index is 14.5. The molecular weight excluding hydrogens is 656 g/mol. The highest BCUT2D eigenvalue weighted by Crippen LogP contribution is 2.62. The van der Waals surface area contributed by atoms with Gasteiger partial charge in [0.2, 0.25) is 5.91 Å². The second-order valence-electron chi connectivity index (χ2n) is 14.4. The van der Waals surface area contributed by atoms with Gasteiger partial charge in [-0.3, -0.25) is 28.8 Å². The second-order valence-corrected chi connectivity index (χ2v) is 14.4. The van der Waals surface area contributed by atoms with Gasteiger partial charge in [-0.05, 0) is 99.6 Å². The van der Waals surface area contributed by atoms with Crippen LogP contribution in [0.5, 0.6) is 11.8 Å². The Labute approximate surface area is 304 Å². The Balaban J connectivity index is 1.31. The van der Waals surface area contributed by atoms with Crippen molar-refractivity contribution in [3.8, 4) is 11.8 Å². The summed E-state index contributed by atoms with van der Waals surface area (Å²) in [6.07, 6.45) is 11.8. The minimum absolute atomic E-state index is 0.0688.